The number of hydrogen-bond donors (Lipinski definition) is 0. The van der Waals surface area contributed by atoms with Crippen LogP contribution in [0.15, 0.2) is 18.2 Å². The zero-order valence-corrected chi connectivity index (χ0v) is 13.7. The Labute approximate surface area is 117 Å². The summed E-state index contributed by atoms with van der Waals surface area (Å²) in [7, 11) is 9.87. The van der Waals surface area contributed by atoms with Gasteiger partial charge in [0.05, 0.1) is 0 Å². The molecule has 0 fully saturated rings. The van der Waals surface area contributed by atoms with Gasteiger partial charge in [0.2, 0.25) is 0 Å². The van der Waals surface area contributed by atoms with Crippen LogP contribution in [0.4, 0.5) is 0 Å². The first-order valence-electron chi connectivity index (χ1n) is 5.23. The van der Waals surface area contributed by atoms with Gasteiger partial charge in [0.25, 0.3) is 0 Å². The summed E-state index contributed by atoms with van der Waals surface area (Å²) < 4.78 is 0. The molecule has 0 saturated carbocycles. The molecule has 0 nitrogen and oxygen atoms in total. The summed E-state index contributed by atoms with van der Waals surface area (Å²) in [5.41, 5.74) is 5.68. The van der Waals surface area contributed by atoms with Crippen LogP contribution >= 0.6 is 17.0 Å². The molecule has 0 N–H and O–H groups in total. The van der Waals surface area contributed by atoms with Gasteiger partial charge in [0.1, 0.15) is 0 Å². The molecule has 1 radical (unpaired) electrons. The van der Waals surface area contributed by atoms with Crippen LogP contribution in [0.3, 0.4) is 0 Å². The van der Waals surface area contributed by atoms with E-state index in [-0.39, 0.29) is 0 Å². The van der Waals surface area contributed by atoms with Gasteiger partial charge in [-0.2, -0.15) is 0 Å². The monoisotopic (exact) mass is 331 g/mol. The number of hydrogen-bond acceptors (Lipinski definition) is 0. The fraction of sp³-hybridized carbons (Fsp3) is 0.308. The topological polar surface area (TPSA) is 0 Å². The van der Waals surface area contributed by atoms with Gasteiger partial charge in [-0.3, -0.25) is 0 Å². The third-order valence-corrected chi connectivity index (χ3v) is 2.69. The normalized spacial score (nSPS) is 12.1. The molecule has 0 atom stereocenters. The molecule has 0 amide bonds. The summed E-state index contributed by atoms with van der Waals surface area (Å²) in [4.78, 5) is 0. The van der Waals surface area contributed by atoms with E-state index >= 15 is 0 Å². The number of allylic oxidation sites excluding steroid dienone is 1. The summed E-state index contributed by atoms with van der Waals surface area (Å²) in [5, 5.41) is 0. The first-order valence-corrected chi connectivity index (χ1v) is 11.6. The van der Waals surface area contributed by atoms with Crippen LogP contribution in [0.1, 0.15) is 42.0 Å². The second kappa shape index (κ2) is 6.99. The van der Waals surface area contributed by atoms with E-state index in [4.69, 9.17) is 17.0 Å². The molecule has 0 unspecified atom stereocenters. The molecular formula is C13H15Cl2Zr. The van der Waals surface area contributed by atoms with Crippen molar-refractivity contribution >= 4 is 23.1 Å². The molecule has 0 spiro atoms. The minimum atomic E-state index is -0.826. The predicted molar refractivity (Wildman–Crippen MR) is 69.4 cm³/mol. The molecule has 1 aliphatic rings. The van der Waals surface area contributed by atoms with E-state index in [1.165, 1.54) is 22.3 Å². The summed E-state index contributed by atoms with van der Waals surface area (Å²) in [6, 6.07) is 4.47. The molecule has 0 aliphatic heterocycles. The first-order chi connectivity index (χ1) is 7.61. The average Bonchev–Trinajstić information content (AvgIpc) is 2.68. The summed E-state index contributed by atoms with van der Waals surface area (Å²) in [6.07, 6.45) is 6.57. The molecular weight excluding hydrogens is 318 g/mol. The van der Waals surface area contributed by atoms with E-state index in [1.54, 1.807) is 0 Å². The second-order valence-electron chi connectivity index (χ2n) is 4.05. The molecule has 0 bridgehead atoms. The van der Waals surface area contributed by atoms with E-state index in [9.17, 15) is 0 Å². The van der Waals surface area contributed by atoms with Crippen molar-refractivity contribution in [2.24, 2.45) is 0 Å². The van der Waals surface area contributed by atoms with E-state index in [0.717, 1.165) is 0 Å². The SMILES string of the molecule is Cc1ccc(C(C)C)c2c1[CH]C=C2.[Cl][Zr][Cl]. The molecule has 0 heterocycles. The molecule has 3 heteroatoms. The number of rotatable bonds is 1. The Hall–Kier alpha value is 0.423. The van der Waals surface area contributed by atoms with Gasteiger partial charge in [0.15, 0.2) is 0 Å². The Kier molecular flexibility index (Phi) is 6.33. The number of halogens is 2. The molecule has 2 rings (SSSR count). The average molecular weight is 333 g/mol. The van der Waals surface area contributed by atoms with Gasteiger partial charge >= 0.3 is 37.9 Å². The van der Waals surface area contributed by atoms with Gasteiger partial charge in [-0.15, -0.1) is 0 Å². The van der Waals surface area contributed by atoms with E-state index in [2.05, 4.69) is 51.5 Å². The van der Waals surface area contributed by atoms with Gasteiger partial charge in [-0.05, 0) is 35.1 Å². The van der Waals surface area contributed by atoms with Crippen molar-refractivity contribution in [1.29, 1.82) is 0 Å². The van der Waals surface area contributed by atoms with Crippen molar-refractivity contribution in [1.82, 2.24) is 0 Å². The maximum atomic E-state index is 4.93. The minimum absolute atomic E-state index is 0.616. The summed E-state index contributed by atoms with van der Waals surface area (Å²) in [5.74, 6) is 0.616. The third kappa shape index (κ3) is 3.46. The quantitative estimate of drug-likeness (QED) is 0.673. The van der Waals surface area contributed by atoms with Crippen LogP contribution < -0.4 is 0 Å². The predicted octanol–water partition coefficient (Wildman–Crippen LogP) is 5.07. The number of benzene rings is 1. The number of aryl methyl sites for hydroxylation is 1. The number of fused-ring (bicyclic) bond motifs is 1. The molecule has 1 aromatic carbocycles. The molecule has 16 heavy (non-hydrogen) atoms. The molecule has 85 valence electrons. The van der Waals surface area contributed by atoms with E-state index in [1.807, 2.05) is 0 Å². The van der Waals surface area contributed by atoms with Crippen LogP contribution in [-0.2, 0) is 20.8 Å². The van der Waals surface area contributed by atoms with Crippen molar-refractivity contribution in [2.75, 3.05) is 0 Å². The van der Waals surface area contributed by atoms with Crippen LogP contribution in [0.5, 0.6) is 0 Å². The Balaban J connectivity index is 0.000000386. The van der Waals surface area contributed by atoms with Crippen LogP contribution in [-0.4, -0.2) is 0 Å². The summed E-state index contributed by atoms with van der Waals surface area (Å²) in [6.45, 7) is 6.67. The molecule has 0 aromatic heterocycles. The van der Waals surface area contributed by atoms with Crippen molar-refractivity contribution in [2.45, 2.75) is 26.7 Å². The fourth-order valence-corrected chi connectivity index (χ4v) is 1.91. The first kappa shape index (κ1) is 14.5. The Morgan fingerprint density at radius 3 is 2.31 bits per heavy atom. The zero-order chi connectivity index (χ0) is 12.1. The molecule has 0 saturated heterocycles. The van der Waals surface area contributed by atoms with Crippen molar-refractivity contribution in [3.05, 3.63) is 46.9 Å². The Morgan fingerprint density at radius 1 is 1.12 bits per heavy atom. The van der Waals surface area contributed by atoms with Crippen molar-refractivity contribution < 1.29 is 20.8 Å². The second-order valence-corrected chi connectivity index (χ2v) is 7.78. The van der Waals surface area contributed by atoms with Crippen LogP contribution in [0.25, 0.3) is 6.08 Å². The van der Waals surface area contributed by atoms with Crippen molar-refractivity contribution in [3.8, 4) is 0 Å². The van der Waals surface area contributed by atoms with Crippen LogP contribution in [0, 0.1) is 13.3 Å². The third-order valence-electron chi connectivity index (χ3n) is 2.69. The standard InChI is InChI=1S/C13H15.2ClH.Zr/c1-9(2)11-8-7-10(3)12-5-4-6-13(11)12;;;/h4-9H,1-3H3;2*1H;/q;;;+2/p-2. The Bertz CT molecular complexity index is 384. The van der Waals surface area contributed by atoms with Gasteiger partial charge in [0, 0.05) is 6.42 Å². The van der Waals surface area contributed by atoms with E-state index < -0.39 is 20.8 Å². The van der Waals surface area contributed by atoms with Crippen LogP contribution in [0.2, 0.25) is 0 Å². The van der Waals surface area contributed by atoms with Gasteiger partial charge < -0.3 is 0 Å². The Morgan fingerprint density at radius 2 is 1.75 bits per heavy atom. The fourth-order valence-electron chi connectivity index (χ4n) is 1.91. The van der Waals surface area contributed by atoms with Gasteiger partial charge in [-0.1, -0.05) is 38.1 Å². The van der Waals surface area contributed by atoms with Gasteiger partial charge in [-0.25, -0.2) is 0 Å². The zero-order valence-electron chi connectivity index (χ0n) is 9.72. The molecule has 1 aromatic rings. The van der Waals surface area contributed by atoms with E-state index in [0.29, 0.717) is 5.92 Å². The summed E-state index contributed by atoms with van der Waals surface area (Å²) >= 11 is -0.826. The van der Waals surface area contributed by atoms with Crippen molar-refractivity contribution in [3.63, 3.8) is 0 Å². The molecule has 1 aliphatic carbocycles. The maximum absolute atomic E-state index is 4.93.